The Morgan fingerprint density at radius 1 is 1.07 bits per heavy atom. The number of piperazine rings is 1. The van der Waals surface area contributed by atoms with Crippen molar-refractivity contribution in [3.8, 4) is 16.9 Å². The smallest absolute Gasteiger partial charge is 0.257 e. The Morgan fingerprint density at radius 2 is 1.75 bits per heavy atom. The first-order valence-electron chi connectivity index (χ1n) is 9.72. The summed E-state index contributed by atoms with van der Waals surface area (Å²) in [5, 5.41) is 0. The number of benzene rings is 1. The summed E-state index contributed by atoms with van der Waals surface area (Å²) in [6.45, 7) is 7.07. The summed E-state index contributed by atoms with van der Waals surface area (Å²) in [7, 11) is 5.43. The lowest BCUT2D eigenvalue weighted by Crippen LogP contribution is -2.47. The molecule has 0 bridgehead atoms. The summed E-state index contributed by atoms with van der Waals surface area (Å²) in [5.74, 6) is 0.620. The molecule has 0 N–H and O–H groups in total. The van der Waals surface area contributed by atoms with Crippen molar-refractivity contribution >= 4 is 5.91 Å². The predicted octanol–water partition coefficient (Wildman–Crippen LogP) is 2.32. The van der Waals surface area contributed by atoms with Crippen LogP contribution in [-0.4, -0.2) is 60.6 Å². The Labute approximate surface area is 166 Å². The Bertz CT molecular complexity index is 889. The molecule has 0 saturated carbocycles. The molecule has 0 unspecified atom stereocenters. The lowest BCUT2D eigenvalue weighted by atomic mass is 9.95. The van der Waals surface area contributed by atoms with Gasteiger partial charge in [0.25, 0.3) is 11.5 Å². The number of hydrogen-bond donors (Lipinski definition) is 0. The number of rotatable bonds is 4. The molecular weight excluding hydrogens is 354 g/mol. The van der Waals surface area contributed by atoms with Gasteiger partial charge in [-0.15, -0.1) is 0 Å². The first-order valence-corrected chi connectivity index (χ1v) is 9.72. The van der Waals surface area contributed by atoms with Crippen molar-refractivity contribution in [1.29, 1.82) is 0 Å². The van der Waals surface area contributed by atoms with Crippen molar-refractivity contribution in [2.45, 2.75) is 20.3 Å². The highest BCUT2D eigenvalue weighted by Gasteiger charge is 2.26. The average molecular weight is 383 g/mol. The summed E-state index contributed by atoms with van der Waals surface area (Å²) in [5.41, 5.74) is 4.18. The largest absolute Gasteiger partial charge is 0.496 e. The molecule has 1 amide bonds. The lowest BCUT2D eigenvalue weighted by Gasteiger charge is -2.33. The molecule has 1 aromatic carbocycles. The van der Waals surface area contributed by atoms with Crippen molar-refractivity contribution in [2.75, 3.05) is 40.3 Å². The monoisotopic (exact) mass is 383 g/mol. The van der Waals surface area contributed by atoms with Crippen molar-refractivity contribution < 1.29 is 9.53 Å². The number of amides is 1. The summed E-state index contributed by atoms with van der Waals surface area (Å²) >= 11 is 0. The summed E-state index contributed by atoms with van der Waals surface area (Å²) in [6, 6.07) is 5.84. The Morgan fingerprint density at radius 3 is 2.32 bits per heavy atom. The molecular formula is C22H29N3O3. The van der Waals surface area contributed by atoms with Crippen LogP contribution in [0.5, 0.6) is 5.75 Å². The first-order chi connectivity index (χ1) is 13.3. The maximum absolute atomic E-state index is 13.2. The molecule has 150 valence electrons. The van der Waals surface area contributed by atoms with E-state index in [1.54, 1.807) is 18.7 Å². The van der Waals surface area contributed by atoms with Crippen LogP contribution in [0, 0.1) is 6.92 Å². The van der Waals surface area contributed by atoms with Crippen LogP contribution in [0.25, 0.3) is 11.1 Å². The van der Waals surface area contributed by atoms with Crippen LogP contribution in [0.1, 0.15) is 28.4 Å². The molecule has 6 nitrogen and oxygen atoms in total. The standard InChI is InChI=1S/C22H29N3O3/c1-6-16-12-17(18-11-15(2)21(26)24(4)14-18)13-19(28-5)20(16)22(27)25-9-7-23(3)8-10-25/h11-14H,6-10H2,1-5H3. The minimum absolute atomic E-state index is 0.00621. The second-order valence-corrected chi connectivity index (χ2v) is 7.49. The Balaban J connectivity index is 2.06. The van der Waals surface area contributed by atoms with Crippen molar-refractivity contribution in [3.05, 3.63) is 51.4 Å². The van der Waals surface area contributed by atoms with Crippen LogP contribution in [0.15, 0.2) is 29.2 Å². The fourth-order valence-corrected chi connectivity index (χ4v) is 3.73. The number of nitrogens with zero attached hydrogens (tertiary/aromatic N) is 3. The number of hydrogen-bond acceptors (Lipinski definition) is 4. The topological polar surface area (TPSA) is 54.8 Å². The number of aromatic nitrogens is 1. The average Bonchev–Trinajstić information content (AvgIpc) is 2.70. The highest BCUT2D eigenvalue weighted by atomic mass is 16.5. The molecule has 1 aliphatic rings. The van der Waals surface area contributed by atoms with Gasteiger partial charge in [0.1, 0.15) is 5.75 Å². The van der Waals surface area contributed by atoms with E-state index in [1.165, 1.54) is 0 Å². The van der Waals surface area contributed by atoms with Gasteiger partial charge in [0.05, 0.1) is 12.7 Å². The van der Waals surface area contributed by atoms with E-state index < -0.39 is 0 Å². The molecule has 0 spiro atoms. The highest BCUT2D eigenvalue weighted by Crippen LogP contribution is 2.32. The molecule has 2 aromatic rings. The van der Waals surface area contributed by atoms with Gasteiger partial charge in [-0.2, -0.15) is 0 Å². The fourth-order valence-electron chi connectivity index (χ4n) is 3.73. The number of carbonyl (C=O) groups excluding carboxylic acids is 1. The number of carbonyl (C=O) groups is 1. The normalized spacial score (nSPS) is 15.0. The number of ether oxygens (including phenoxy) is 1. The molecule has 0 radical (unpaired) electrons. The SMILES string of the molecule is CCc1cc(-c2cc(C)c(=O)n(C)c2)cc(OC)c1C(=O)N1CCN(C)CC1. The first kappa shape index (κ1) is 20.1. The van der Waals surface area contributed by atoms with Gasteiger partial charge in [-0.05, 0) is 49.2 Å². The van der Waals surface area contributed by atoms with Gasteiger partial charge < -0.3 is 19.1 Å². The second kappa shape index (κ2) is 8.19. The molecule has 1 aliphatic heterocycles. The third kappa shape index (κ3) is 3.83. The molecule has 1 fully saturated rings. The van der Waals surface area contributed by atoms with Gasteiger partial charge in [-0.3, -0.25) is 9.59 Å². The van der Waals surface area contributed by atoms with Crippen LogP contribution in [0.4, 0.5) is 0 Å². The third-order valence-corrected chi connectivity index (χ3v) is 5.48. The quantitative estimate of drug-likeness (QED) is 0.813. The lowest BCUT2D eigenvalue weighted by molar-refractivity contribution is 0.0659. The van der Waals surface area contributed by atoms with E-state index in [2.05, 4.69) is 11.9 Å². The molecule has 0 atom stereocenters. The third-order valence-electron chi connectivity index (χ3n) is 5.48. The minimum Gasteiger partial charge on any atom is -0.496 e. The van der Waals surface area contributed by atoms with E-state index >= 15 is 0 Å². The summed E-state index contributed by atoms with van der Waals surface area (Å²) in [6.07, 6.45) is 2.55. The van der Waals surface area contributed by atoms with Gasteiger partial charge in [-0.25, -0.2) is 0 Å². The van der Waals surface area contributed by atoms with E-state index in [9.17, 15) is 9.59 Å². The number of likely N-dealkylation sites (N-methyl/N-ethyl adjacent to an activating group) is 1. The van der Waals surface area contributed by atoms with Gasteiger partial charge in [-0.1, -0.05) is 13.0 Å². The zero-order chi connectivity index (χ0) is 20.4. The van der Waals surface area contributed by atoms with Gasteiger partial charge in [0.2, 0.25) is 0 Å². The zero-order valence-electron chi connectivity index (χ0n) is 17.4. The van der Waals surface area contributed by atoms with Gasteiger partial charge in [0, 0.05) is 45.0 Å². The Hall–Kier alpha value is -2.60. The number of methoxy groups -OCH3 is 1. The maximum atomic E-state index is 13.2. The van der Waals surface area contributed by atoms with Gasteiger partial charge in [0.15, 0.2) is 0 Å². The highest BCUT2D eigenvalue weighted by molar-refractivity contribution is 5.99. The summed E-state index contributed by atoms with van der Waals surface area (Å²) < 4.78 is 7.23. The van der Waals surface area contributed by atoms with Crippen LogP contribution < -0.4 is 10.3 Å². The molecule has 2 heterocycles. The number of pyridine rings is 1. The van der Waals surface area contributed by atoms with Crippen molar-refractivity contribution in [1.82, 2.24) is 14.4 Å². The van der Waals surface area contributed by atoms with Crippen LogP contribution in [-0.2, 0) is 13.5 Å². The maximum Gasteiger partial charge on any atom is 0.257 e. The van der Waals surface area contributed by atoms with E-state index in [1.807, 2.05) is 43.1 Å². The van der Waals surface area contributed by atoms with Crippen LogP contribution in [0.2, 0.25) is 0 Å². The van der Waals surface area contributed by atoms with Crippen molar-refractivity contribution in [3.63, 3.8) is 0 Å². The van der Waals surface area contributed by atoms with E-state index in [-0.39, 0.29) is 11.5 Å². The van der Waals surface area contributed by atoms with Crippen molar-refractivity contribution in [2.24, 2.45) is 7.05 Å². The van der Waals surface area contributed by atoms with E-state index in [0.29, 0.717) is 16.9 Å². The second-order valence-electron chi connectivity index (χ2n) is 7.49. The molecule has 1 saturated heterocycles. The fraction of sp³-hybridized carbons (Fsp3) is 0.455. The number of aryl methyl sites for hydroxylation is 3. The molecule has 3 rings (SSSR count). The Kier molecular flexibility index (Phi) is 5.89. The zero-order valence-corrected chi connectivity index (χ0v) is 17.4. The minimum atomic E-state index is -0.00621. The molecule has 0 aliphatic carbocycles. The van der Waals surface area contributed by atoms with Crippen LogP contribution >= 0.6 is 0 Å². The van der Waals surface area contributed by atoms with Crippen LogP contribution in [0.3, 0.4) is 0 Å². The van der Waals surface area contributed by atoms with E-state index in [0.717, 1.165) is 49.3 Å². The summed E-state index contributed by atoms with van der Waals surface area (Å²) in [4.78, 5) is 29.4. The molecule has 28 heavy (non-hydrogen) atoms. The van der Waals surface area contributed by atoms with E-state index in [4.69, 9.17) is 4.74 Å². The molecule has 6 heteroatoms. The van der Waals surface area contributed by atoms with Gasteiger partial charge >= 0.3 is 0 Å². The molecule has 1 aromatic heterocycles. The predicted molar refractivity (Wildman–Crippen MR) is 111 cm³/mol.